The van der Waals surface area contributed by atoms with Gasteiger partial charge < -0.3 is 9.47 Å². The summed E-state index contributed by atoms with van der Waals surface area (Å²) in [6.45, 7) is 19.3. The van der Waals surface area contributed by atoms with Crippen molar-refractivity contribution in [3.63, 3.8) is 0 Å². The van der Waals surface area contributed by atoms with E-state index >= 15 is 0 Å². The average Bonchev–Trinajstić information content (AvgIpc) is 2.81. The first-order valence-electron chi connectivity index (χ1n) is 14.2. The molecular weight excluding hydrogens is 424 g/mol. The van der Waals surface area contributed by atoms with Crippen molar-refractivity contribution in [1.29, 1.82) is 0 Å². The lowest BCUT2D eigenvalue weighted by Gasteiger charge is -2.27. The highest BCUT2D eigenvalue weighted by atomic mass is 16.5. The molecule has 2 atom stereocenters. The second kappa shape index (κ2) is 15.1. The van der Waals surface area contributed by atoms with Crippen LogP contribution in [0.4, 0.5) is 0 Å². The SMILES string of the molecule is CCC(C)(C)CCC(C)CCOC(=O)C1CCC(C(=O)OCCC(C)CCC(C)(C)CC)CC1. The first-order valence-corrected chi connectivity index (χ1v) is 14.2. The Labute approximate surface area is 211 Å². The van der Waals surface area contributed by atoms with Crippen molar-refractivity contribution < 1.29 is 19.1 Å². The Kier molecular flexibility index (Phi) is 13.8. The van der Waals surface area contributed by atoms with Crippen molar-refractivity contribution in [1.82, 2.24) is 0 Å². The number of hydrogen-bond donors (Lipinski definition) is 0. The quantitative estimate of drug-likeness (QED) is 0.208. The minimum Gasteiger partial charge on any atom is -0.465 e. The summed E-state index contributed by atoms with van der Waals surface area (Å²) in [6, 6.07) is 0. The second-order valence-corrected chi connectivity index (χ2v) is 12.8. The molecule has 200 valence electrons. The van der Waals surface area contributed by atoms with Crippen LogP contribution in [-0.4, -0.2) is 25.2 Å². The molecule has 1 aliphatic rings. The van der Waals surface area contributed by atoms with Crippen LogP contribution in [0.15, 0.2) is 0 Å². The van der Waals surface area contributed by atoms with Crippen LogP contribution in [0.1, 0.15) is 132 Å². The molecule has 0 aliphatic heterocycles. The molecule has 1 aliphatic carbocycles. The van der Waals surface area contributed by atoms with E-state index in [1.54, 1.807) is 0 Å². The molecule has 4 nitrogen and oxygen atoms in total. The molecule has 0 amide bonds. The normalized spacial score (nSPS) is 21.1. The van der Waals surface area contributed by atoms with E-state index in [1.165, 1.54) is 38.5 Å². The predicted molar refractivity (Wildman–Crippen MR) is 142 cm³/mol. The van der Waals surface area contributed by atoms with Crippen molar-refractivity contribution >= 4 is 11.9 Å². The maximum Gasteiger partial charge on any atom is 0.308 e. The Bertz CT molecular complexity index is 535. The molecule has 0 bridgehead atoms. The number of carbonyl (C=O) groups is 2. The largest absolute Gasteiger partial charge is 0.465 e. The van der Waals surface area contributed by atoms with Gasteiger partial charge in [-0.15, -0.1) is 0 Å². The maximum atomic E-state index is 12.5. The summed E-state index contributed by atoms with van der Waals surface area (Å²) in [6.07, 6.45) is 12.0. The predicted octanol–water partition coefficient (Wildman–Crippen LogP) is 8.36. The van der Waals surface area contributed by atoms with Crippen LogP contribution in [0.3, 0.4) is 0 Å². The number of carbonyl (C=O) groups excluding carboxylic acids is 2. The standard InChI is InChI=1S/C30H56O4/c1-9-29(5,6)19-15-23(3)17-21-33-27(31)25-11-13-26(14-12-25)28(32)34-22-18-24(4)16-20-30(7,8)10-2/h23-26H,9-22H2,1-8H3. The van der Waals surface area contributed by atoms with Gasteiger partial charge in [0.1, 0.15) is 0 Å². The smallest absolute Gasteiger partial charge is 0.308 e. The lowest BCUT2D eigenvalue weighted by Crippen LogP contribution is -2.29. The van der Waals surface area contributed by atoms with Crippen LogP contribution in [0.25, 0.3) is 0 Å². The monoisotopic (exact) mass is 480 g/mol. The summed E-state index contributed by atoms with van der Waals surface area (Å²) >= 11 is 0. The first-order chi connectivity index (χ1) is 15.9. The van der Waals surface area contributed by atoms with Crippen molar-refractivity contribution in [2.24, 2.45) is 34.5 Å². The summed E-state index contributed by atoms with van der Waals surface area (Å²) in [5.41, 5.74) is 0.795. The van der Waals surface area contributed by atoms with Crippen LogP contribution >= 0.6 is 0 Å². The summed E-state index contributed by atoms with van der Waals surface area (Å²) in [5.74, 6) is 0.893. The van der Waals surface area contributed by atoms with Gasteiger partial charge in [-0.25, -0.2) is 0 Å². The molecule has 0 N–H and O–H groups in total. The third-order valence-corrected chi connectivity index (χ3v) is 8.65. The molecule has 0 spiro atoms. The molecule has 1 fully saturated rings. The van der Waals surface area contributed by atoms with Crippen LogP contribution in [-0.2, 0) is 19.1 Å². The zero-order chi connectivity index (χ0) is 25.8. The van der Waals surface area contributed by atoms with Crippen molar-refractivity contribution in [3.8, 4) is 0 Å². The molecular formula is C30H56O4. The van der Waals surface area contributed by atoms with Gasteiger partial charge in [-0.05, 0) is 74.0 Å². The second-order valence-electron chi connectivity index (χ2n) is 12.8. The first kappa shape index (κ1) is 31.0. The van der Waals surface area contributed by atoms with Crippen LogP contribution < -0.4 is 0 Å². The van der Waals surface area contributed by atoms with Gasteiger partial charge in [-0.1, -0.05) is 81.1 Å². The molecule has 0 radical (unpaired) electrons. The molecule has 0 heterocycles. The topological polar surface area (TPSA) is 52.6 Å². The van der Waals surface area contributed by atoms with Crippen LogP contribution in [0, 0.1) is 34.5 Å². The Balaban J connectivity index is 2.19. The molecule has 4 heteroatoms. The summed E-state index contributed by atoms with van der Waals surface area (Å²) in [4.78, 5) is 25.0. The van der Waals surface area contributed by atoms with E-state index in [-0.39, 0.29) is 23.8 Å². The van der Waals surface area contributed by atoms with Gasteiger partial charge >= 0.3 is 11.9 Å². The van der Waals surface area contributed by atoms with Crippen LogP contribution in [0.5, 0.6) is 0 Å². The molecule has 2 unspecified atom stereocenters. The zero-order valence-electron chi connectivity index (χ0n) is 23.8. The minimum atomic E-state index is -0.0725. The van der Waals surface area contributed by atoms with Gasteiger partial charge in [0.15, 0.2) is 0 Å². The highest BCUT2D eigenvalue weighted by Gasteiger charge is 2.31. The maximum absolute atomic E-state index is 12.5. The fourth-order valence-corrected chi connectivity index (χ4v) is 4.44. The summed E-state index contributed by atoms with van der Waals surface area (Å²) in [7, 11) is 0. The average molecular weight is 481 g/mol. The number of ether oxygens (including phenoxy) is 2. The Hall–Kier alpha value is -1.06. The molecule has 34 heavy (non-hydrogen) atoms. The van der Waals surface area contributed by atoms with Gasteiger partial charge in [0, 0.05) is 0 Å². The van der Waals surface area contributed by atoms with E-state index in [1.807, 2.05) is 0 Å². The zero-order valence-corrected chi connectivity index (χ0v) is 23.8. The number of hydrogen-bond acceptors (Lipinski definition) is 4. The Morgan fingerprint density at radius 1 is 0.676 bits per heavy atom. The highest BCUT2D eigenvalue weighted by Crippen LogP contribution is 2.32. The Morgan fingerprint density at radius 2 is 1.00 bits per heavy atom. The van der Waals surface area contributed by atoms with Gasteiger partial charge in [-0.2, -0.15) is 0 Å². The van der Waals surface area contributed by atoms with Crippen LogP contribution in [0.2, 0.25) is 0 Å². The summed E-state index contributed by atoms with van der Waals surface area (Å²) in [5, 5.41) is 0. The highest BCUT2D eigenvalue weighted by molar-refractivity contribution is 5.75. The van der Waals surface area contributed by atoms with Gasteiger partial charge in [0.05, 0.1) is 25.0 Å². The summed E-state index contributed by atoms with van der Waals surface area (Å²) < 4.78 is 11.2. The van der Waals surface area contributed by atoms with E-state index < -0.39 is 0 Å². The molecule has 0 aromatic heterocycles. The fourth-order valence-electron chi connectivity index (χ4n) is 4.44. The van der Waals surface area contributed by atoms with Crippen molar-refractivity contribution in [3.05, 3.63) is 0 Å². The third kappa shape index (κ3) is 12.6. The van der Waals surface area contributed by atoms with E-state index in [2.05, 4.69) is 55.4 Å². The van der Waals surface area contributed by atoms with E-state index in [0.29, 0.717) is 35.9 Å². The fraction of sp³-hybridized carbons (Fsp3) is 0.933. The molecule has 0 aromatic carbocycles. The van der Waals surface area contributed by atoms with Crippen molar-refractivity contribution in [2.45, 2.75) is 132 Å². The Morgan fingerprint density at radius 3 is 1.29 bits per heavy atom. The van der Waals surface area contributed by atoms with E-state index in [0.717, 1.165) is 38.5 Å². The van der Waals surface area contributed by atoms with Gasteiger partial charge in [-0.3, -0.25) is 9.59 Å². The molecule has 0 saturated heterocycles. The van der Waals surface area contributed by atoms with E-state index in [4.69, 9.17) is 9.47 Å². The third-order valence-electron chi connectivity index (χ3n) is 8.65. The van der Waals surface area contributed by atoms with E-state index in [9.17, 15) is 9.59 Å². The lowest BCUT2D eigenvalue weighted by atomic mass is 9.82. The van der Waals surface area contributed by atoms with Crippen molar-refractivity contribution in [2.75, 3.05) is 13.2 Å². The molecule has 1 saturated carbocycles. The van der Waals surface area contributed by atoms with Gasteiger partial charge in [0.25, 0.3) is 0 Å². The van der Waals surface area contributed by atoms with Gasteiger partial charge in [0.2, 0.25) is 0 Å². The molecule has 1 rings (SSSR count). The molecule has 0 aromatic rings. The number of rotatable bonds is 16. The minimum absolute atomic E-state index is 0.0553. The number of esters is 2. The lowest BCUT2D eigenvalue weighted by molar-refractivity contribution is -0.155.